The molecule has 0 saturated carbocycles. The molecule has 66 valence electrons. The Kier molecular flexibility index (Phi) is 3.68. The largest absolute Gasteiger partial charge is 0.313 e. The van der Waals surface area contributed by atoms with Crippen LogP contribution in [0.5, 0.6) is 0 Å². The second-order valence-corrected chi connectivity index (χ2v) is 4.21. The molecule has 0 aliphatic rings. The monoisotopic (exact) mass is 292 g/mol. The van der Waals surface area contributed by atoms with Crippen molar-refractivity contribution < 1.29 is 0 Å². The first-order valence-corrected chi connectivity index (χ1v) is 5.22. The van der Waals surface area contributed by atoms with Crippen LogP contribution in [-0.2, 0) is 0 Å². The summed E-state index contributed by atoms with van der Waals surface area (Å²) in [5.74, 6) is 0. The molecule has 0 fully saturated rings. The third kappa shape index (κ3) is 2.28. The average Bonchev–Trinajstić information content (AvgIpc) is 2.08. The van der Waals surface area contributed by atoms with Gasteiger partial charge in [0, 0.05) is 22.3 Å². The topological polar surface area (TPSA) is 24.9 Å². The molecule has 1 heterocycles. The van der Waals surface area contributed by atoms with E-state index in [1.54, 1.807) is 6.20 Å². The van der Waals surface area contributed by atoms with E-state index in [2.05, 4.69) is 55.2 Å². The van der Waals surface area contributed by atoms with E-state index in [9.17, 15) is 0 Å². The number of hydrogen-bond donors (Lipinski definition) is 1. The summed E-state index contributed by atoms with van der Waals surface area (Å²) < 4.78 is 1.90. The molecule has 0 radical (unpaired) electrons. The molecule has 0 saturated heterocycles. The lowest BCUT2D eigenvalue weighted by molar-refractivity contribution is 0.645. The van der Waals surface area contributed by atoms with Crippen LogP contribution in [0.25, 0.3) is 0 Å². The number of halogens is 2. The standard InChI is InChI=1S/C8H10Br2N2/c1-5(11-2)7-3-6(9)4-12-8(7)10/h3-5,11H,1-2H3. The lowest BCUT2D eigenvalue weighted by atomic mass is 10.1. The predicted octanol–water partition coefficient (Wildman–Crippen LogP) is 2.89. The Balaban J connectivity index is 3.04. The van der Waals surface area contributed by atoms with Crippen molar-refractivity contribution in [3.63, 3.8) is 0 Å². The Hall–Kier alpha value is 0.0700. The van der Waals surface area contributed by atoms with Crippen LogP contribution >= 0.6 is 31.9 Å². The van der Waals surface area contributed by atoms with E-state index in [-0.39, 0.29) is 0 Å². The van der Waals surface area contributed by atoms with Crippen molar-refractivity contribution in [1.29, 1.82) is 0 Å². The Morgan fingerprint density at radius 3 is 2.75 bits per heavy atom. The summed E-state index contributed by atoms with van der Waals surface area (Å²) in [5, 5.41) is 3.16. The zero-order chi connectivity index (χ0) is 9.14. The molecule has 1 N–H and O–H groups in total. The molecule has 2 nitrogen and oxygen atoms in total. The van der Waals surface area contributed by atoms with E-state index < -0.39 is 0 Å². The molecular weight excluding hydrogens is 284 g/mol. The molecule has 1 rings (SSSR count). The SMILES string of the molecule is CNC(C)c1cc(Br)cnc1Br. The molecule has 0 spiro atoms. The third-order valence-corrected chi connectivity index (χ3v) is 2.83. The number of nitrogens with zero attached hydrogens (tertiary/aromatic N) is 1. The second-order valence-electron chi connectivity index (χ2n) is 2.54. The highest BCUT2D eigenvalue weighted by molar-refractivity contribution is 9.11. The molecule has 1 unspecified atom stereocenters. The van der Waals surface area contributed by atoms with Gasteiger partial charge in [-0.05, 0) is 51.9 Å². The number of hydrogen-bond acceptors (Lipinski definition) is 2. The molecule has 0 aliphatic carbocycles. The Bertz CT molecular complexity index is 276. The van der Waals surface area contributed by atoms with Gasteiger partial charge in [0.1, 0.15) is 4.60 Å². The van der Waals surface area contributed by atoms with Crippen molar-refractivity contribution in [3.8, 4) is 0 Å². The summed E-state index contributed by atoms with van der Waals surface area (Å²) in [6, 6.07) is 2.36. The van der Waals surface area contributed by atoms with E-state index >= 15 is 0 Å². The first kappa shape index (κ1) is 10.2. The van der Waals surface area contributed by atoms with Crippen molar-refractivity contribution in [2.24, 2.45) is 0 Å². The van der Waals surface area contributed by atoms with E-state index in [1.807, 2.05) is 7.05 Å². The van der Waals surface area contributed by atoms with Crippen LogP contribution in [0.2, 0.25) is 0 Å². The van der Waals surface area contributed by atoms with Crippen LogP contribution in [0.3, 0.4) is 0 Å². The molecule has 4 heteroatoms. The summed E-state index contributed by atoms with van der Waals surface area (Å²) in [5.41, 5.74) is 1.16. The number of rotatable bonds is 2. The molecule has 0 amide bonds. The van der Waals surface area contributed by atoms with Gasteiger partial charge in [0.15, 0.2) is 0 Å². The lowest BCUT2D eigenvalue weighted by Gasteiger charge is -2.11. The minimum absolute atomic E-state index is 0.310. The van der Waals surface area contributed by atoms with E-state index in [4.69, 9.17) is 0 Å². The van der Waals surface area contributed by atoms with Crippen molar-refractivity contribution in [3.05, 3.63) is 26.9 Å². The zero-order valence-electron chi connectivity index (χ0n) is 6.94. The van der Waals surface area contributed by atoms with Gasteiger partial charge in [-0.2, -0.15) is 0 Å². The van der Waals surface area contributed by atoms with E-state index in [0.29, 0.717) is 6.04 Å². The number of aromatic nitrogens is 1. The van der Waals surface area contributed by atoms with Crippen LogP contribution in [0.4, 0.5) is 0 Å². The van der Waals surface area contributed by atoms with Gasteiger partial charge < -0.3 is 5.32 Å². The van der Waals surface area contributed by atoms with Crippen molar-refractivity contribution in [1.82, 2.24) is 10.3 Å². The maximum atomic E-state index is 4.18. The fourth-order valence-corrected chi connectivity index (χ4v) is 1.81. The maximum absolute atomic E-state index is 4.18. The van der Waals surface area contributed by atoms with Gasteiger partial charge >= 0.3 is 0 Å². The molecule has 0 bridgehead atoms. The molecule has 1 atom stereocenters. The molecular formula is C8H10Br2N2. The lowest BCUT2D eigenvalue weighted by Crippen LogP contribution is -2.13. The van der Waals surface area contributed by atoms with Crippen molar-refractivity contribution >= 4 is 31.9 Å². The fourth-order valence-electron chi connectivity index (χ4n) is 0.897. The summed E-state index contributed by atoms with van der Waals surface area (Å²) in [7, 11) is 1.93. The van der Waals surface area contributed by atoms with E-state index in [0.717, 1.165) is 14.6 Å². The number of pyridine rings is 1. The van der Waals surface area contributed by atoms with Gasteiger partial charge in [-0.3, -0.25) is 0 Å². The summed E-state index contributed by atoms with van der Waals surface area (Å²) in [6.07, 6.45) is 1.77. The average molecular weight is 294 g/mol. The van der Waals surface area contributed by atoms with Crippen LogP contribution in [0, 0.1) is 0 Å². The van der Waals surface area contributed by atoms with Gasteiger partial charge in [-0.1, -0.05) is 0 Å². The minimum atomic E-state index is 0.310. The third-order valence-electron chi connectivity index (χ3n) is 1.73. The Morgan fingerprint density at radius 2 is 2.17 bits per heavy atom. The first-order valence-electron chi connectivity index (χ1n) is 3.63. The highest BCUT2D eigenvalue weighted by Crippen LogP contribution is 2.23. The minimum Gasteiger partial charge on any atom is -0.313 e. The molecule has 12 heavy (non-hydrogen) atoms. The van der Waals surface area contributed by atoms with E-state index in [1.165, 1.54) is 0 Å². The second kappa shape index (κ2) is 4.35. The van der Waals surface area contributed by atoms with Crippen LogP contribution in [0.15, 0.2) is 21.3 Å². The highest BCUT2D eigenvalue weighted by Gasteiger charge is 2.07. The van der Waals surface area contributed by atoms with Gasteiger partial charge in [-0.25, -0.2) is 4.98 Å². The molecule has 0 aromatic carbocycles. The Morgan fingerprint density at radius 1 is 1.50 bits per heavy atom. The summed E-state index contributed by atoms with van der Waals surface area (Å²) >= 11 is 6.78. The first-order chi connectivity index (χ1) is 5.65. The fraction of sp³-hybridized carbons (Fsp3) is 0.375. The van der Waals surface area contributed by atoms with Gasteiger partial charge in [0.2, 0.25) is 0 Å². The predicted molar refractivity (Wildman–Crippen MR) is 57.1 cm³/mol. The Labute approximate surface area is 89.0 Å². The normalized spacial score (nSPS) is 13.0. The zero-order valence-corrected chi connectivity index (χ0v) is 10.1. The van der Waals surface area contributed by atoms with Crippen LogP contribution in [-0.4, -0.2) is 12.0 Å². The van der Waals surface area contributed by atoms with Crippen molar-refractivity contribution in [2.45, 2.75) is 13.0 Å². The summed E-state index contributed by atoms with van der Waals surface area (Å²) in [4.78, 5) is 4.18. The van der Waals surface area contributed by atoms with Crippen LogP contribution < -0.4 is 5.32 Å². The van der Waals surface area contributed by atoms with Gasteiger partial charge in [-0.15, -0.1) is 0 Å². The smallest absolute Gasteiger partial charge is 0.110 e. The van der Waals surface area contributed by atoms with Gasteiger partial charge in [0.05, 0.1) is 0 Å². The number of nitrogens with one attached hydrogen (secondary N) is 1. The summed E-state index contributed by atoms with van der Waals surface area (Å²) in [6.45, 7) is 2.09. The van der Waals surface area contributed by atoms with Crippen molar-refractivity contribution in [2.75, 3.05) is 7.05 Å². The van der Waals surface area contributed by atoms with Crippen LogP contribution in [0.1, 0.15) is 18.5 Å². The molecule has 1 aromatic rings. The maximum Gasteiger partial charge on any atom is 0.110 e. The van der Waals surface area contributed by atoms with Gasteiger partial charge in [0.25, 0.3) is 0 Å². The molecule has 1 aromatic heterocycles. The highest BCUT2D eigenvalue weighted by atomic mass is 79.9. The molecule has 0 aliphatic heterocycles. The quantitative estimate of drug-likeness (QED) is 0.848.